The summed E-state index contributed by atoms with van der Waals surface area (Å²) in [6.07, 6.45) is 0. The summed E-state index contributed by atoms with van der Waals surface area (Å²) in [5.74, 6) is 0. The lowest BCUT2D eigenvalue weighted by Crippen LogP contribution is -1.83. The molecule has 4 aromatic rings. The Labute approximate surface area is 144 Å². The predicted molar refractivity (Wildman–Crippen MR) is 99.9 cm³/mol. The minimum atomic E-state index is 0.671. The van der Waals surface area contributed by atoms with Crippen LogP contribution in [0.15, 0.2) is 66.7 Å². The Morgan fingerprint density at radius 3 is 2.38 bits per heavy atom. The number of hydrogen-bond acceptors (Lipinski definition) is 3. The van der Waals surface area contributed by atoms with Gasteiger partial charge in [-0.15, -0.1) is 11.3 Å². The van der Waals surface area contributed by atoms with Crippen LogP contribution in [0.1, 0.15) is 11.1 Å². The lowest BCUT2D eigenvalue weighted by Gasteiger charge is -2.03. The van der Waals surface area contributed by atoms with Crippen LogP contribution >= 0.6 is 11.3 Å². The van der Waals surface area contributed by atoms with E-state index in [1.807, 2.05) is 30.3 Å². The Hall–Kier alpha value is -2.96. The summed E-state index contributed by atoms with van der Waals surface area (Å²) in [5.41, 5.74) is 6.30. The van der Waals surface area contributed by atoms with Gasteiger partial charge in [-0.25, -0.2) is 4.98 Å². The lowest BCUT2D eigenvalue weighted by molar-refractivity contribution is 1.41. The molecule has 0 atom stereocenters. The first-order valence-electron chi connectivity index (χ1n) is 7.72. The molecule has 1 heterocycles. The van der Waals surface area contributed by atoms with Crippen LogP contribution in [0.3, 0.4) is 0 Å². The molecule has 0 saturated heterocycles. The molecule has 0 unspecified atom stereocenters. The zero-order valence-electron chi connectivity index (χ0n) is 13.2. The van der Waals surface area contributed by atoms with Crippen molar-refractivity contribution in [2.24, 2.45) is 0 Å². The number of aryl methyl sites for hydroxylation is 1. The van der Waals surface area contributed by atoms with Crippen LogP contribution in [0.2, 0.25) is 0 Å². The average Bonchev–Trinajstić information content (AvgIpc) is 3.06. The molecule has 24 heavy (non-hydrogen) atoms. The van der Waals surface area contributed by atoms with Crippen LogP contribution in [0.5, 0.6) is 0 Å². The van der Waals surface area contributed by atoms with Crippen LogP contribution < -0.4 is 0 Å². The second kappa shape index (κ2) is 5.92. The summed E-state index contributed by atoms with van der Waals surface area (Å²) in [5, 5.41) is 10.0. The van der Waals surface area contributed by atoms with Crippen LogP contribution in [0.4, 0.5) is 0 Å². The van der Waals surface area contributed by atoms with Crippen molar-refractivity contribution in [3.8, 4) is 27.8 Å². The maximum atomic E-state index is 8.97. The van der Waals surface area contributed by atoms with Gasteiger partial charge in [-0.2, -0.15) is 5.26 Å². The van der Waals surface area contributed by atoms with E-state index in [1.165, 1.54) is 15.8 Å². The molecule has 0 aliphatic carbocycles. The Morgan fingerprint density at radius 1 is 0.875 bits per heavy atom. The topological polar surface area (TPSA) is 36.7 Å². The molecular formula is C21H14N2S. The summed E-state index contributed by atoms with van der Waals surface area (Å²) < 4.78 is 1.18. The molecule has 1 aromatic heterocycles. The van der Waals surface area contributed by atoms with Crippen molar-refractivity contribution in [2.45, 2.75) is 6.92 Å². The Kier molecular flexibility index (Phi) is 3.60. The molecule has 3 aromatic carbocycles. The second-order valence-electron chi connectivity index (χ2n) is 5.68. The van der Waals surface area contributed by atoms with Gasteiger partial charge in [0.25, 0.3) is 0 Å². The number of fused-ring (bicyclic) bond motifs is 1. The van der Waals surface area contributed by atoms with Gasteiger partial charge >= 0.3 is 0 Å². The highest BCUT2D eigenvalue weighted by Crippen LogP contribution is 2.36. The first-order valence-corrected chi connectivity index (χ1v) is 8.54. The van der Waals surface area contributed by atoms with E-state index in [9.17, 15) is 0 Å². The fourth-order valence-electron chi connectivity index (χ4n) is 2.83. The van der Waals surface area contributed by atoms with Gasteiger partial charge in [0, 0.05) is 11.1 Å². The summed E-state index contributed by atoms with van der Waals surface area (Å²) >= 11 is 1.72. The first kappa shape index (κ1) is 14.6. The third-order valence-corrected chi connectivity index (χ3v) is 5.17. The smallest absolute Gasteiger partial charge is 0.124 e. The maximum Gasteiger partial charge on any atom is 0.124 e. The fraction of sp³-hybridized carbons (Fsp3) is 0.0476. The van der Waals surface area contributed by atoms with Crippen LogP contribution in [0, 0.1) is 18.3 Å². The number of nitriles is 1. The number of thiazole rings is 1. The molecule has 2 nitrogen and oxygen atoms in total. The second-order valence-corrected chi connectivity index (χ2v) is 6.71. The van der Waals surface area contributed by atoms with E-state index in [0.29, 0.717) is 5.56 Å². The first-order chi connectivity index (χ1) is 11.8. The SMILES string of the molecule is Cc1ccccc1-c1nc2c(-c3ccc(C#N)cc3)cccc2s1. The summed E-state index contributed by atoms with van der Waals surface area (Å²) in [6, 6.07) is 24.4. The fourth-order valence-corrected chi connectivity index (χ4v) is 3.92. The number of aromatic nitrogens is 1. The average molecular weight is 326 g/mol. The number of hydrogen-bond donors (Lipinski definition) is 0. The molecule has 0 bridgehead atoms. The van der Waals surface area contributed by atoms with Crippen LogP contribution in [-0.4, -0.2) is 4.98 Å². The quantitative estimate of drug-likeness (QED) is 0.466. The molecule has 0 radical (unpaired) electrons. The summed E-state index contributed by atoms with van der Waals surface area (Å²) in [4.78, 5) is 4.92. The minimum absolute atomic E-state index is 0.671. The molecule has 0 amide bonds. The third kappa shape index (κ3) is 2.47. The van der Waals surface area contributed by atoms with E-state index in [-0.39, 0.29) is 0 Å². The molecule has 0 aliphatic heterocycles. The van der Waals surface area contributed by atoms with E-state index in [2.05, 4.69) is 49.4 Å². The van der Waals surface area contributed by atoms with Crippen molar-refractivity contribution in [1.82, 2.24) is 4.98 Å². The highest BCUT2D eigenvalue weighted by Gasteiger charge is 2.12. The van der Waals surface area contributed by atoms with Crippen molar-refractivity contribution < 1.29 is 0 Å². The molecule has 0 aliphatic rings. The highest BCUT2D eigenvalue weighted by atomic mass is 32.1. The van der Waals surface area contributed by atoms with Crippen molar-refractivity contribution in [3.05, 3.63) is 77.9 Å². The maximum absolute atomic E-state index is 8.97. The Balaban J connectivity index is 1.89. The van der Waals surface area contributed by atoms with E-state index >= 15 is 0 Å². The van der Waals surface area contributed by atoms with Crippen LogP contribution in [-0.2, 0) is 0 Å². The molecule has 0 spiro atoms. The molecule has 0 fully saturated rings. The van der Waals surface area contributed by atoms with Gasteiger partial charge in [0.15, 0.2) is 0 Å². The summed E-state index contributed by atoms with van der Waals surface area (Å²) in [7, 11) is 0. The molecule has 3 heteroatoms. The Morgan fingerprint density at radius 2 is 1.62 bits per heavy atom. The van der Waals surface area contributed by atoms with Gasteiger partial charge in [-0.05, 0) is 36.2 Å². The molecule has 0 N–H and O–H groups in total. The standard InChI is InChI=1S/C21H14N2S/c1-14-5-2-3-6-17(14)21-23-20-18(7-4-8-19(20)24-21)16-11-9-15(13-22)10-12-16/h2-12H,1H3. The van der Waals surface area contributed by atoms with Crippen LogP contribution in [0.25, 0.3) is 31.9 Å². The van der Waals surface area contributed by atoms with Gasteiger partial charge in [0.1, 0.15) is 5.01 Å². The number of para-hydroxylation sites is 1. The van der Waals surface area contributed by atoms with E-state index in [1.54, 1.807) is 11.3 Å². The zero-order valence-corrected chi connectivity index (χ0v) is 14.0. The van der Waals surface area contributed by atoms with Crippen molar-refractivity contribution >= 4 is 21.6 Å². The van der Waals surface area contributed by atoms with Gasteiger partial charge in [0.05, 0.1) is 21.8 Å². The molecular weight excluding hydrogens is 312 g/mol. The van der Waals surface area contributed by atoms with Gasteiger partial charge < -0.3 is 0 Å². The number of nitrogens with zero attached hydrogens (tertiary/aromatic N) is 2. The normalized spacial score (nSPS) is 10.7. The number of rotatable bonds is 2. The van der Waals surface area contributed by atoms with E-state index in [4.69, 9.17) is 10.2 Å². The predicted octanol–water partition coefficient (Wildman–Crippen LogP) is 5.81. The largest absolute Gasteiger partial charge is 0.235 e. The van der Waals surface area contributed by atoms with Gasteiger partial charge in [0.2, 0.25) is 0 Å². The zero-order chi connectivity index (χ0) is 16.5. The van der Waals surface area contributed by atoms with Crippen molar-refractivity contribution in [1.29, 1.82) is 5.26 Å². The Bertz CT molecular complexity index is 1070. The molecule has 4 rings (SSSR count). The van der Waals surface area contributed by atoms with E-state index < -0.39 is 0 Å². The van der Waals surface area contributed by atoms with Gasteiger partial charge in [-0.3, -0.25) is 0 Å². The number of benzene rings is 3. The lowest BCUT2D eigenvalue weighted by atomic mass is 10.0. The van der Waals surface area contributed by atoms with E-state index in [0.717, 1.165) is 21.7 Å². The third-order valence-electron chi connectivity index (χ3n) is 4.12. The summed E-state index contributed by atoms with van der Waals surface area (Å²) in [6.45, 7) is 2.11. The van der Waals surface area contributed by atoms with Gasteiger partial charge in [-0.1, -0.05) is 48.5 Å². The molecule has 0 saturated carbocycles. The van der Waals surface area contributed by atoms with Crippen molar-refractivity contribution in [2.75, 3.05) is 0 Å². The highest BCUT2D eigenvalue weighted by molar-refractivity contribution is 7.21. The minimum Gasteiger partial charge on any atom is -0.235 e. The monoisotopic (exact) mass is 326 g/mol. The van der Waals surface area contributed by atoms with Crippen molar-refractivity contribution in [3.63, 3.8) is 0 Å². The molecule has 114 valence electrons.